The molecule has 0 aromatic heterocycles. The molecular weight excluding hydrogens is 350 g/mol. The van der Waals surface area contributed by atoms with Gasteiger partial charge in [0.25, 0.3) is 0 Å². The Morgan fingerprint density at radius 3 is 2.63 bits per heavy atom. The van der Waals surface area contributed by atoms with Crippen LogP contribution in [0, 0.1) is 5.92 Å². The fourth-order valence-corrected chi connectivity index (χ4v) is 4.62. The summed E-state index contributed by atoms with van der Waals surface area (Å²) in [6.07, 6.45) is 7.49. The Balaban J connectivity index is 1.36. The van der Waals surface area contributed by atoms with E-state index in [0.29, 0.717) is 17.3 Å². The van der Waals surface area contributed by atoms with Gasteiger partial charge >= 0.3 is 0 Å². The molecule has 3 nitrogen and oxygen atoms in total. The summed E-state index contributed by atoms with van der Waals surface area (Å²) < 4.78 is 3.48. The number of benzene rings is 1. The standard InChI is InChI=1S/C23H37N3S/c1-4-20(16-19-8-6-5-7-9-19)22-17-23(22)25-21-10-13-26(14-11-21)15-12-24-27-18(2)3/h5-9,16,18,21-25H,4,10-15,17H2,1-3H3/b20-16+/t22-,23+/m0/s1. The highest BCUT2D eigenvalue weighted by Crippen LogP contribution is 2.40. The number of hydrogen-bond donors (Lipinski definition) is 2. The molecule has 1 aromatic carbocycles. The molecular formula is C23H37N3S. The average molecular weight is 388 g/mol. The van der Waals surface area contributed by atoms with Gasteiger partial charge in [-0.1, -0.05) is 74.7 Å². The zero-order chi connectivity index (χ0) is 19.1. The van der Waals surface area contributed by atoms with Gasteiger partial charge in [-0.2, -0.15) is 0 Å². The van der Waals surface area contributed by atoms with Gasteiger partial charge in [0, 0.05) is 30.4 Å². The molecule has 150 valence electrons. The normalized spacial score (nSPS) is 24.5. The molecule has 1 heterocycles. The van der Waals surface area contributed by atoms with E-state index in [4.69, 9.17) is 0 Å². The van der Waals surface area contributed by atoms with Gasteiger partial charge < -0.3 is 10.2 Å². The molecule has 1 saturated heterocycles. The maximum absolute atomic E-state index is 3.96. The summed E-state index contributed by atoms with van der Waals surface area (Å²) in [6, 6.07) is 12.2. The van der Waals surface area contributed by atoms with Crippen LogP contribution in [0.15, 0.2) is 35.9 Å². The van der Waals surface area contributed by atoms with Gasteiger partial charge in [0.05, 0.1) is 0 Å². The first kappa shape index (κ1) is 20.9. The van der Waals surface area contributed by atoms with E-state index in [1.54, 1.807) is 5.57 Å². The van der Waals surface area contributed by atoms with Crippen LogP contribution in [-0.4, -0.2) is 48.4 Å². The molecule has 1 aromatic rings. The summed E-state index contributed by atoms with van der Waals surface area (Å²) in [5, 5.41) is 4.62. The fraction of sp³-hybridized carbons (Fsp3) is 0.652. The number of rotatable bonds is 10. The quantitative estimate of drug-likeness (QED) is 0.454. The van der Waals surface area contributed by atoms with E-state index < -0.39 is 0 Å². The SMILES string of the molecule is CC/C(=C\c1ccccc1)[C@@H]1C[C@H]1NC1CCN(CCNSC(C)C)CC1. The van der Waals surface area contributed by atoms with Crippen LogP contribution in [-0.2, 0) is 0 Å². The molecule has 4 heteroatoms. The van der Waals surface area contributed by atoms with E-state index in [2.05, 4.69) is 72.1 Å². The van der Waals surface area contributed by atoms with Gasteiger partial charge in [-0.15, -0.1) is 0 Å². The molecule has 0 radical (unpaired) electrons. The zero-order valence-electron chi connectivity index (χ0n) is 17.3. The largest absolute Gasteiger partial charge is 0.311 e. The smallest absolute Gasteiger partial charge is 0.0187 e. The third kappa shape index (κ3) is 6.94. The van der Waals surface area contributed by atoms with Crippen molar-refractivity contribution in [2.45, 2.75) is 63.8 Å². The summed E-state index contributed by atoms with van der Waals surface area (Å²) in [6.45, 7) is 11.5. The van der Waals surface area contributed by atoms with Crippen LogP contribution < -0.4 is 10.0 Å². The lowest BCUT2D eigenvalue weighted by Crippen LogP contribution is -2.45. The summed E-state index contributed by atoms with van der Waals surface area (Å²) in [4.78, 5) is 2.61. The number of likely N-dealkylation sites (tertiary alicyclic amines) is 1. The van der Waals surface area contributed by atoms with Crippen LogP contribution in [0.5, 0.6) is 0 Å². The van der Waals surface area contributed by atoms with E-state index in [1.807, 2.05) is 11.9 Å². The third-order valence-corrected chi connectivity index (χ3v) is 6.56. The van der Waals surface area contributed by atoms with Crippen molar-refractivity contribution in [3.8, 4) is 0 Å². The first-order chi connectivity index (χ1) is 13.2. The zero-order valence-corrected chi connectivity index (χ0v) is 18.1. The minimum atomic E-state index is 0.662. The van der Waals surface area contributed by atoms with Crippen molar-refractivity contribution < 1.29 is 0 Å². The third-order valence-electron chi connectivity index (χ3n) is 5.71. The molecule has 2 aliphatic rings. The van der Waals surface area contributed by atoms with E-state index >= 15 is 0 Å². The van der Waals surface area contributed by atoms with Gasteiger partial charge in [0.15, 0.2) is 0 Å². The van der Waals surface area contributed by atoms with E-state index in [9.17, 15) is 0 Å². The van der Waals surface area contributed by atoms with Crippen molar-refractivity contribution in [1.29, 1.82) is 0 Å². The maximum atomic E-state index is 3.96. The minimum Gasteiger partial charge on any atom is -0.311 e. The Labute approximate surface area is 170 Å². The first-order valence-corrected chi connectivity index (χ1v) is 11.7. The van der Waals surface area contributed by atoms with Crippen molar-refractivity contribution in [3.63, 3.8) is 0 Å². The highest BCUT2D eigenvalue weighted by atomic mass is 32.2. The van der Waals surface area contributed by atoms with Gasteiger partial charge in [-0.25, -0.2) is 0 Å². The second-order valence-corrected chi connectivity index (χ2v) is 9.74. The van der Waals surface area contributed by atoms with Crippen LogP contribution >= 0.6 is 11.9 Å². The molecule has 2 N–H and O–H groups in total. The predicted octanol–water partition coefficient (Wildman–Crippen LogP) is 4.57. The summed E-state index contributed by atoms with van der Waals surface area (Å²) in [5.41, 5.74) is 2.96. The molecule has 0 spiro atoms. The summed E-state index contributed by atoms with van der Waals surface area (Å²) in [7, 11) is 0. The second kappa shape index (κ2) is 10.7. The number of piperidine rings is 1. The Bertz CT molecular complexity index is 579. The van der Waals surface area contributed by atoms with Crippen molar-refractivity contribution in [2.75, 3.05) is 26.2 Å². The molecule has 2 atom stereocenters. The highest BCUT2D eigenvalue weighted by Gasteiger charge is 2.40. The van der Waals surface area contributed by atoms with Crippen molar-refractivity contribution in [3.05, 3.63) is 41.5 Å². The molecule has 2 fully saturated rings. The van der Waals surface area contributed by atoms with Crippen molar-refractivity contribution >= 4 is 18.0 Å². The van der Waals surface area contributed by atoms with Gasteiger partial charge in [0.2, 0.25) is 0 Å². The average Bonchev–Trinajstić information content (AvgIpc) is 3.44. The Morgan fingerprint density at radius 1 is 1.22 bits per heavy atom. The van der Waals surface area contributed by atoms with Crippen molar-refractivity contribution in [2.24, 2.45) is 5.92 Å². The fourth-order valence-electron chi connectivity index (χ4n) is 4.08. The maximum Gasteiger partial charge on any atom is 0.0187 e. The molecule has 0 unspecified atom stereocenters. The Morgan fingerprint density at radius 2 is 1.96 bits per heavy atom. The molecule has 0 amide bonds. The van der Waals surface area contributed by atoms with Crippen LogP contribution in [0.3, 0.4) is 0 Å². The lowest BCUT2D eigenvalue weighted by atomic mass is 10.0. The minimum absolute atomic E-state index is 0.662. The summed E-state index contributed by atoms with van der Waals surface area (Å²) >= 11 is 1.85. The first-order valence-electron chi connectivity index (χ1n) is 10.8. The van der Waals surface area contributed by atoms with Crippen LogP contribution in [0.4, 0.5) is 0 Å². The Kier molecular flexibility index (Phi) is 8.25. The predicted molar refractivity (Wildman–Crippen MR) is 120 cm³/mol. The van der Waals surface area contributed by atoms with Crippen LogP contribution in [0.25, 0.3) is 6.08 Å². The topological polar surface area (TPSA) is 27.3 Å². The van der Waals surface area contributed by atoms with E-state index in [-0.39, 0.29) is 0 Å². The number of nitrogens with one attached hydrogen (secondary N) is 2. The highest BCUT2D eigenvalue weighted by molar-refractivity contribution is 7.97. The van der Waals surface area contributed by atoms with Gasteiger partial charge in [-0.3, -0.25) is 4.72 Å². The molecule has 1 saturated carbocycles. The molecule has 27 heavy (non-hydrogen) atoms. The van der Waals surface area contributed by atoms with Gasteiger partial charge in [-0.05, 0) is 50.3 Å². The molecule has 1 aliphatic carbocycles. The molecule has 1 aliphatic heterocycles. The summed E-state index contributed by atoms with van der Waals surface area (Å²) in [5.74, 6) is 0.755. The monoisotopic (exact) mass is 387 g/mol. The second-order valence-electron chi connectivity index (χ2n) is 8.28. The van der Waals surface area contributed by atoms with Gasteiger partial charge in [0.1, 0.15) is 0 Å². The van der Waals surface area contributed by atoms with E-state index in [0.717, 1.165) is 18.9 Å². The van der Waals surface area contributed by atoms with E-state index in [1.165, 1.54) is 44.5 Å². The van der Waals surface area contributed by atoms with Crippen LogP contribution in [0.2, 0.25) is 0 Å². The lowest BCUT2D eigenvalue weighted by molar-refractivity contribution is 0.200. The molecule has 0 bridgehead atoms. The lowest BCUT2D eigenvalue weighted by Gasteiger charge is -2.32. The molecule has 3 rings (SSSR count). The Hall–Kier alpha value is -0.810. The number of hydrogen-bond acceptors (Lipinski definition) is 4. The van der Waals surface area contributed by atoms with Crippen molar-refractivity contribution in [1.82, 2.24) is 14.9 Å². The number of nitrogens with zero attached hydrogens (tertiary/aromatic N) is 1. The van der Waals surface area contributed by atoms with Crippen LogP contribution in [0.1, 0.15) is 52.0 Å².